The van der Waals surface area contributed by atoms with Gasteiger partial charge in [-0.2, -0.15) is 0 Å². The maximum atomic E-state index is 13.9. The van der Waals surface area contributed by atoms with Gasteiger partial charge >= 0.3 is 0 Å². The summed E-state index contributed by atoms with van der Waals surface area (Å²) < 4.78 is 13.9. The molecular weight excluding hydrogens is 265 g/mol. The summed E-state index contributed by atoms with van der Waals surface area (Å²) in [5.74, 6) is -0.160. The normalized spacial score (nSPS) is 13.9. The topological polar surface area (TPSA) is 28.2 Å². The second kappa shape index (κ2) is 5.82. The van der Waals surface area contributed by atoms with Gasteiger partial charge < -0.3 is 10.2 Å². The van der Waals surface area contributed by atoms with Crippen LogP contribution in [0.15, 0.2) is 30.3 Å². The molecule has 21 heavy (non-hydrogen) atoms. The highest BCUT2D eigenvalue weighted by molar-refractivity contribution is 5.64. The highest BCUT2D eigenvalue weighted by Crippen LogP contribution is 2.26. The molecule has 3 rings (SSSR count). The Morgan fingerprint density at radius 2 is 2.10 bits per heavy atom. The average molecular weight is 285 g/mol. The van der Waals surface area contributed by atoms with E-state index in [0.29, 0.717) is 12.1 Å². The van der Waals surface area contributed by atoms with Gasteiger partial charge in [-0.05, 0) is 57.3 Å². The molecule has 1 aromatic heterocycles. The van der Waals surface area contributed by atoms with Crippen molar-refractivity contribution in [3.8, 4) is 11.3 Å². The van der Waals surface area contributed by atoms with Crippen LogP contribution in [0.25, 0.3) is 11.3 Å². The van der Waals surface area contributed by atoms with Gasteiger partial charge in [-0.1, -0.05) is 0 Å². The van der Waals surface area contributed by atoms with Crippen molar-refractivity contribution in [3.63, 3.8) is 0 Å². The van der Waals surface area contributed by atoms with E-state index in [0.717, 1.165) is 42.0 Å². The predicted octanol–water partition coefficient (Wildman–Crippen LogP) is 3.31. The Morgan fingerprint density at radius 3 is 2.90 bits per heavy atom. The molecule has 1 aliphatic heterocycles. The van der Waals surface area contributed by atoms with Crippen molar-refractivity contribution < 1.29 is 4.39 Å². The first-order chi connectivity index (χ1) is 10.1. The van der Waals surface area contributed by atoms with Crippen LogP contribution in [0.5, 0.6) is 0 Å². The summed E-state index contributed by atoms with van der Waals surface area (Å²) >= 11 is 0. The van der Waals surface area contributed by atoms with Crippen molar-refractivity contribution in [3.05, 3.63) is 47.4 Å². The molecule has 0 atom stereocenters. The van der Waals surface area contributed by atoms with Crippen LogP contribution in [0, 0.1) is 5.82 Å². The summed E-state index contributed by atoms with van der Waals surface area (Å²) in [5.41, 5.74) is 4.83. The number of benzene rings is 1. The van der Waals surface area contributed by atoms with Gasteiger partial charge in [0.1, 0.15) is 5.82 Å². The van der Waals surface area contributed by atoms with Crippen molar-refractivity contribution in [2.24, 2.45) is 0 Å². The molecule has 1 aromatic carbocycles. The lowest BCUT2D eigenvalue weighted by Crippen LogP contribution is -2.13. The molecule has 0 saturated carbocycles. The molecule has 0 unspecified atom stereocenters. The molecule has 0 radical (unpaired) electrons. The minimum Gasteiger partial charge on any atom is -0.384 e. The highest BCUT2D eigenvalue weighted by atomic mass is 19.1. The van der Waals surface area contributed by atoms with E-state index in [2.05, 4.69) is 11.4 Å². The third-order valence-corrected chi connectivity index (χ3v) is 3.71. The number of hydrogen-bond acceptors (Lipinski definition) is 3. The zero-order valence-electron chi connectivity index (χ0n) is 12.5. The highest BCUT2D eigenvalue weighted by Gasteiger charge is 2.12. The number of rotatable bonds is 3. The predicted molar refractivity (Wildman–Crippen MR) is 83.8 cm³/mol. The number of pyridine rings is 1. The molecule has 1 N–H and O–H groups in total. The van der Waals surface area contributed by atoms with E-state index in [1.54, 1.807) is 6.07 Å². The van der Waals surface area contributed by atoms with E-state index in [1.165, 1.54) is 6.07 Å². The monoisotopic (exact) mass is 285 g/mol. The van der Waals surface area contributed by atoms with E-state index in [4.69, 9.17) is 4.98 Å². The SMILES string of the molecule is CN(C)Cc1cc(-c2ccc3c(n2)CCCN3)ccc1F. The molecule has 2 heterocycles. The maximum absolute atomic E-state index is 13.9. The Bertz CT molecular complexity index is 652. The lowest BCUT2D eigenvalue weighted by Gasteiger charge is -2.18. The maximum Gasteiger partial charge on any atom is 0.127 e. The van der Waals surface area contributed by atoms with Gasteiger partial charge in [-0.25, -0.2) is 4.39 Å². The first-order valence-corrected chi connectivity index (χ1v) is 7.31. The van der Waals surface area contributed by atoms with Crippen LogP contribution < -0.4 is 5.32 Å². The minimum absolute atomic E-state index is 0.160. The number of fused-ring (bicyclic) bond motifs is 1. The summed E-state index contributed by atoms with van der Waals surface area (Å²) in [4.78, 5) is 6.70. The van der Waals surface area contributed by atoms with E-state index in [1.807, 2.05) is 31.1 Å². The molecule has 0 fully saturated rings. The van der Waals surface area contributed by atoms with Gasteiger partial charge in [0.2, 0.25) is 0 Å². The van der Waals surface area contributed by atoms with Crippen LogP contribution in [0.3, 0.4) is 0 Å². The summed E-state index contributed by atoms with van der Waals surface area (Å²) in [6.07, 6.45) is 2.11. The number of nitrogens with zero attached hydrogens (tertiary/aromatic N) is 2. The minimum atomic E-state index is -0.160. The average Bonchev–Trinajstić information content (AvgIpc) is 2.48. The van der Waals surface area contributed by atoms with Gasteiger partial charge in [0.25, 0.3) is 0 Å². The number of nitrogens with one attached hydrogen (secondary N) is 1. The fourth-order valence-electron chi connectivity index (χ4n) is 2.69. The van der Waals surface area contributed by atoms with E-state index in [9.17, 15) is 4.39 Å². The molecule has 3 nitrogen and oxygen atoms in total. The lowest BCUT2D eigenvalue weighted by atomic mass is 10.0. The third kappa shape index (κ3) is 3.05. The largest absolute Gasteiger partial charge is 0.384 e. The van der Waals surface area contributed by atoms with Gasteiger partial charge in [0.05, 0.1) is 17.1 Å². The molecule has 1 aliphatic rings. The van der Waals surface area contributed by atoms with Crippen molar-refractivity contribution in [1.82, 2.24) is 9.88 Å². The van der Waals surface area contributed by atoms with Crippen LogP contribution in [0.1, 0.15) is 17.7 Å². The van der Waals surface area contributed by atoms with Gasteiger partial charge in [-0.15, -0.1) is 0 Å². The Labute approximate surface area is 124 Å². The Morgan fingerprint density at radius 1 is 1.24 bits per heavy atom. The van der Waals surface area contributed by atoms with Gasteiger partial charge in [0.15, 0.2) is 0 Å². The summed E-state index contributed by atoms with van der Waals surface area (Å²) in [7, 11) is 3.88. The molecule has 0 spiro atoms. The molecule has 0 aliphatic carbocycles. The van der Waals surface area contributed by atoms with Gasteiger partial charge in [-0.3, -0.25) is 4.98 Å². The first kappa shape index (κ1) is 14.0. The zero-order chi connectivity index (χ0) is 14.8. The Hall–Kier alpha value is -1.94. The number of hydrogen-bond donors (Lipinski definition) is 1. The Balaban J connectivity index is 1.96. The second-order valence-corrected chi connectivity index (χ2v) is 5.77. The number of halogens is 1. The van der Waals surface area contributed by atoms with Crippen molar-refractivity contribution in [1.29, 1.82) is 0 Å². The second-order valence-electron chi connectivity index (χ2n) is 5.77. The standard InChI is InChI=1S/C17H20FN3/c1-21(2)11-13-10-12(5-6-14(13)18)15-7-8-16-17(20-15)4-3-9-19-16/h5-8,10,19H,3-4,9,11H2,1-2H3. The fraction of sp³-hybridized carbons (Fsp3) is 0.353. The smallest absolute Gasteiger partial charge is 0.127 e. The molecule has 0 amide bonds. The summed E-state index contributed by atoms with van der Waals surface area (Å²) in [6.45, 7) is 1.60. The fourth-order valence-corrected chi connectivity index (χ4v) is 2.69. The van der Waals surface area contributed by atoms with Gasteiger partial charge in [0, 0.05) is 24.2 Å². The number of anilines is 1. The van der Waals surface area contributed by atoms with E-state index < -0.39 is 0 Å². The van der Waals surface area contributed by atoms with Crippen molar-refractivity contribution >= 4 is 5.69 Å². The molecule has 110 valence electrons. The van der Waals surface area contributed by atoms with Crippen LogP contribution in [-0.2, 0) is 13.0 Å². The summed E-state index contributed by atoms with van der Waals surface area (Å²) in [5, 5.41) is 3.36. The number of aryl methyl sites for hydroxylation is 1. The van der Waals surface area contributed by atoms with E-state index >= 15 is 0 Å². The summed E-state index contributed by atoms with van der Waals surface area (Å²) in [6, 6.07) is 9.32. The molecule has 0 saturated heterocycles. The lowest BCUT2D eigenvalue weighted by molar-refractivity contribution is 0.392. The Kier molecular flexibility index (Phi) is 3.88. The first-order valence-electron chi connectivity index (χ1n) is 7.31. The quantitative estimate of drug-likeness (QED) is 0.938. The molecular formula is C17H20FN3. The van der Waals surface area contributed by atoms with E-state index in [-0.39, 0.29) is 5.82 Å². The zero-order valence-corrected chi connectivity index (χ0v) is 12.5. The van der Waals surface area contributed by atoms with Crippen LogP contribution in [0.4, 0.5) is 10.1 Å². The molecule has 4 heteroatoms. The van der Waals surface area contributed by atoms with Crippen LogP contribution >= 0.6 is 0 Å². The van der Waals surface area contributed by atoms with Crippen molar-refractivity contribution in [2.45, 2.75) is 19.4 Å². The molecule has 0 bridgehead atoms. The third-order valence-electron chi connectivity index (χ3n) is 3.71. The number of aromatic nitrogens is 1. The van der Waals surface area contributed by atoms with Crippen LogP contribution in [0.2, 0.25) is 0 Å². The molecule has 2 aromatic rings. The van der Waals surface area contributed by atoms with Crippen molar-refractivity contribution in [2.75, 3.05) is 26.0 Å². The van der Waals surface area contributed by atoms with Crippen LogP contribution in [-0.4, -0.2) is 30.5 Å².